The maximum atomic E-state index is 11.5. The van der Waals surface area contributed by atoms with E-state index in [4.69, 9.17) is 4.74 Å². The van der Waals surface area contributed by atoms with Gasteiger partial charge >= 0.3 is 5.97 Å². The van der Waals surface area contributed by atoms with Gasteiger partial charge in [-0.1, -0.05) is 0 Å². The molecule has 2 fully saturated rings. The molecule has 2 unspecified atom stereocenters. The molecule has 0 aromatic carbocycles. The second kappa shape index (κ2) is 5.36. The van der Waals surface area contributed by atoms with E-state index >= 15 is 0 Å². The number of anilines is 1. The van der Waals surface area contributed by atoms with Gasteiger partial charge in [-0.05, 0) is 31.7 Å². The van der Waals surface area contributed by atoms with Crippen LogP contribution in [0, 0.1) is 5.92 Å². The normalized spacial score (nSPS) is 26.4. The SMILES string of the molecule is COC(=O)c1nccc(N2CC(C)OC(C3CC3)C2)n1. The van der Waals surface area contributed by atoms with Crippen molar-refractivity contribution >= 4 is 11.8 Å². The number of aromatic nitrogens is 2. The first-order valence-electron chi connectivity index (χ1n) is 6.99. The second-order valence-electron chi connectivity index (χ2n) is 5.46. The van der Waals surface area contributed by atoms with Crippen LogP contribution in [0.1, 0.15) is 30.4 Å². The molecule has 0 amide bonds. The Morgan fingerprint density at radius 1 is 1.45 bits per heavy atom. The number of ether oxygens (including phenoxy) is 2. The predicted octanol–water partition coefficient (Wildman–Crippen LogP) is 1.27. The third-order valence-electron chi connectivity index (χ3n) is 3.77. The lowest BCUT2D eigenvalue weighted by molar-refractivity contribution is -0.0273. The largest absolute Gasteiger partial charge is 0.463 e. The molecule has 0 N–H and O–H groups in total. The van der Waals surface area contributed by atoms with Crippen molar-refractivity contribution in [2.45, 2.75) is 32.0 Å². The summed E-state index contributed by atoms with van der Waals surface area (Å²) in [5, 5.41) is 0. The average molecular weight is 277 g/mol. The Kier molecular flexibility index (Phi) is 3.56. The quantitative estimate of drug-likeness (QED) is 0.775. The number of carbonyl (C=O) groups is 1. The maximum Gasteiger partial charge on any atom is 0.376 e. The first-order valence-corrected chi connectivity index (χ1v) is 6.99. The van der Waals surface area contributed by atoms with E-state index in [2.05, 4.69) is 26.5 Å². The Bertz CT molecular complexity index is 504. The molecular formula is C14H19N3O3. The van der Waals surface area contributed by atoms with Crippen LogP contribution >= 0.6 is 0 Å². The highest BCUT2D eigenvalue weighted by atomic mass is 16.5. The van der Waals surface area contributed by atoms with Gasteiger partial charge in [-0.3, -0.25) is 0 Å². The minimum absolute atomic E-state index is 0.104. The van der Waals surface area contributed by atoms with Gasteiger partial charge in [0.2, 0.25) is 5.82 Å². The third kappa shape index (κ3) is 2.75. The summed E-state index contributed by atoms with van der Waals surface area (Å²) in [5.41, 5.74) is 0. The van der Waals surface area contributed by atoms with Gasteiger partial charge in [0, 0.05) is 19.3 Å². The summed E-state index contributed by atoms with van der Waals surface area (Å²) < 4.78 is 10.6. The summed E-state index contributed by atoms with van der Waals surface area (Å²) in [6.07, 6.45) is 4.55. The zero-order valence-electron chi connectivity index (χ0n) is 11.8. The lowest BCUT2D eigenvalue weighted by atomic mass is 10.1. The molecule has 6 heteroatoms. The summed E-state index contributed by atoms with van der Waals surface area (Å²) in [6, 6.07) is 1.83. The first-order chi connectivity index (χ1) is 9.67. The van der Waals surface area contributed by atoms with Crippen molar-refractivity contribution in [1.29, 1.82) is 0 Å². The summed E-state index contributed by atoms with van der Waals surface area (Å²) in [6.45, 7) is 3.68. The fourth-order valence-electron chi connectivity index (χ4n) is 2.62. The first kappa shape index (κ1) is 13.3. The van der Waals surface area contributed by atoms with E-state index in [0.29, 0.717) is 5.92 Å². The highest BCUT2D eigenvalue weighted by Crippen LogP contribution is 2.37. The standard InChI is InChI=1S/C14H19N3O3/c1-9-7-17(8-11(20-9)10-3-4-10)12-5-6-15-13(16-12)14(18)19-2/h5-6,9-11H,3-4,7-8H2,1-2H3. The highest BCUT2D eigenvalue weighted by molar-refractivity contribution is 5.85. The molecule has 2 aliphatic rings. The van der Waals surface area contributed by atoms with Crippen molar-refractivity contribution < 1.29 is 14.3 Å². The molecule has 6 nitrogen and oxygen atoms in total. The molecule has 108 valence electrons. The van der Waals surface area contributed by atoms with Crippen molar-refractivity contribution in [3.05, 3.63) is 18.1 Å². The van der Waals surface area contributed by atoms with Crippen molar-refractivity contribution in [2.24, 2.45) is 5.92 Å². The Morgan fingerprint density at radius 3 is 2.95 bits per heavy atom. The van der Waals surface area contributed by atoms with E-state index in [0.717, 1.165) is 18.9 Å². The molecule has 1 aromatic heterocycles. The van der Waals surface area contributed by atoms with E-state index < -0.39 is 5.97 Å². The van der Waals surface area contributed by atoms with Crippen LogP contribution in [-0.2, 0) is 9.47 Å². The third-order valence-corrected chi connectivity index (χ3v) is 3.77. The number of nitrogens with zero attached hydrogens (tertiary/aromatic N) is 3. The van der Waals surface area contributed by atoms with Gasteiger partial charge < -0.3 is 14.4 Å². The molecule has 1 saturated carbocycles. The molecule has 1 aromatic rings. The molecule has 1 aliphatic heterocycles. The van der Waals surface area contributed by atoms with Crippen LogP contribution in [0.5, 0.6) is 0 Å². The molecule has 2 heterocycles. The van der Waals surface area contributed by atoms with Gasteiger partial charge in [0.25, 0.3) is 0 Å². The number of rotatable bonds is 3. The van der Waals surface area contributed by atoms with Crippen LogP contribution in [0.2, 0.25) is 0 Å². The van der Waals surface area contributed by atoms with E-state index in [1.165, 1.54) is 20.0 Å². The predicted molar refractivity (Wildman–Crippen MR) is 72.6 cm³/mol. The summed E-state index contributed by atoms with van der Waals surface area (Å²) >= 11 is 0. The van der Waals surface area contributed by atoms with Gasteiger partial charge in [-0.15, -0.1) is 0 Å². The summed E-state index contributed by atoms with van der Waals surface area (Å²) in [7, 11) is 1.33. The van der Waals surface area contributed by atoms with Crippen LogP contribution in [0.4, 0.5) is 5.82 Å². The lowest BCUT2D eigenvalue weighted by Crippen LogP contribution is -2.48. The minimum atomic E-state index is -0.507. The monoisotopic (exact) mass is 277 g/mol. The van der Waals surface area contributed by atoms with Gasteiger partial charge in [-0.2, -0.15) is 0 Å². The van der Waals surface area contributed by atoms with Gasteiger partial charge in [0.15, 0.2) is 0 Å². The number of carbonyl (C=O) groups excluding carboxylic acids is 1. The smallest absolute Gasteiger partial charge is 0.376 e. The van der Waals surface area contributed by atoms with Crippen LogP contribution in [0.15, 0.2) is 12.3 Å². The van der Waals surface area contributed by atoms with Crippen molar-refractivity contribution in [1.82, 2.24) is 9.97 Å². The van der Waals surface area contributed by atoms with Crippen molar-refractivity contribution in [2.75, 3.05) is 25.1 Å². The van der Waals surface area contributed by atoms with Gasteiger partial charge in [0.05, 0.1) is 19.3 Å². The maximum absolute atomic E-state index is 11.5. The number of hydrogen-bond acceptors (Lipinski definition) is 6. The van der Waals surface area contributed by atoms with Gasteiger partial charge in [0.1, 0.15) is 5.82 Å². The molecule has 1 saturated heterocycles. The molecule has 0 spiro atoms. The Labute approximate surface area is 118 Å². The minimum Gasteiger partial charge on any atom is -0.463 e. The fourth-order valence-corrected chi connectivity index (χ4v) is 2.62. The summed E-state index contributed by atoms with van der Waals surface area (Å²) in [5.74, 6) is 1.04. The number of hydrogen-bond donors (Lipinski definition) is 0. The fraction of sp³-hybridized carbons (Fsp3) is 0.643. The topological polar surface area (TPSA) is 64.5 Å². The van der Waals surface area contributed by atoms with E-state index in [1.807, 2.05) is 6.07 Å². The number of esters is 1. The molecule has 0 radical (unpaired) electrons. The molecular weight excluding hydrogens is 258 g/mol. The van der Waals surface area contributed by atoms with Crippen LogP contribution in [0.3, 0.4) is 0 Å². The Balaban J connectivity index is 1.78. The number of methoxy groups -OCH3 is 1. The lowest BCUT2D eigenvalue weighted by Gasteiger charge is -2.37. The van der Waals surface area contributed by atoms with E-state index in [9.17, 15) is 4.79 Å². The molecule has 3 rings (SSSR count). The van der Waals surface area contributed by atoms with E-state index in [1.54, 1.807) is 6.20 Å². The van der Waals surface area contributed by atoms with E-state index in [-0.39, 0.29) is 18.0 Å². The highest BCUT2D eigenvalue weighted by Gasteiger charge is 2.37. The van der Waals surface area contributed by atoms with Crippen LogP contribution < -0.4 is 4.90 Å². The molecule has 0 bridgehead atoms. The van der Waals surface area contributed by atoms with Crippen molar-refractivity contribution in [3.63, 3.8) is 0 Å². The number of morpholine rings is 1. The van der Waals surface area contributed by atoms with Gasteiger partial charge in [-0.25, -0.2) is 14.8 Å². The van der Waals surface area contributed by atoms with Crippen LogP contribution in [-0.4, -0.2) is 48.3 Å². The zero-order chi connectivity index (χ0) is 14.1. The second-order valence-corrected chi connectivity index (χ2v) is 5.46. The zero-order valence-corrected chi connectivity index (χ0v) is 11.8. The Morgan fingerprint density at radius 2 is 2.25 bits per heavy atom. The Hall–Kier alpha value is -1.69. The summed E-state index contributed by atoms with van der Waals surface area (Å²) in [4.78, 5) is 21.9. The molecule has 20 heavy (non-hydrogen) atoms. The van der Waals surface area contributed by atoms with Crippen molar-refractivity contribution in [3.8, 4) is 0 Å². The molecule has 1 aliphatic carbocycles. The molecule has 2 atom stereocenters. The van der Waals surface area contributed by atoms with Crippen LogP contribution in [0.25, 0.3) is 0 Å². The average Bonchev–Trinajstić information content (AvgIpc) is 3.30.